The predicted octanol–water partition coefficient (Wildman–Crippen LogP) is 1.18. The van der Waals surface area contributed by atoms with E-state index in [9.17, 15) is 21.6 Å². The monoisotopic (exact) mass is 523 g/mol. The third-order valence-electron chi connectivity index (χ3n) is 5.41. The Labute approximate surface area is 205 Å². The Balaban J connectivity index is 1.67. The maximum absolute atomic E-state index is 12.8. The molecule has 190 valence electrons. The second kappa shape index (κ2) is 11.2. The number of nitrogens with zero attached hydrogens (tertiary/aromatic N) is 2. The number of carbonyl (C=O) groups is 1. The van der Waals surface area contributed by atoms with Crippen LogP contribution < -0.4 is 15.3 Å². The zero-order chi connectivity index (χ0) is 25.6. The van der Waals surface area contributed by atoms with Crippen molar-refractivity contribution in [2.45, 2.75) is 29.1 Å². The molecule has 1 fully saturated rings. The lowest BCUT2D eigenvalue weighted by molar-refractivity contribution is 0.0152. The zero-order valence-electron chi connectivity index (χ0n) is 19.3. The van der Waals surface area contributed by atoms with E-state index in [1.165, 1.54) is 48.9 Å². The summed E-state index contributed by atoms with van der Waals surface area (Å²) in [6.45, 7) is 2.87. The first-order valence-electron chi connectivity index (χ1n) is 11.0. The van der Waals surface area contributed by atoms with Crippen LogP contribution in [0.2, 0.25) is 0 Å². The van der Waals surface area contributed by atoms with Crippen molar-refractivity contribution in [1.29, 1.82) is 5.41 Å². The maximum atomic E-state index is 12.8. The smallest absolute Gasteiger partial charge is 0.294 e. The van der Waals surface area contributed by atoms with E-state index >= 15 is 0 Å². The summed E-state index contributed by atoms with van der Waals surface area (Å²) in [6, 6.07) is 10.5. The van der Waals surface area contributed by atoms with Gasteiger partial charge in [0.1, 0.15) is 0 Å². The molecule has 0 saturated carbocycles. The number of carbonyl (C=O) groups excluding carboxylic acids is 1. The molecule has 1 saturated heterocycles. The molecule has 2 aromatic carbocycles. The van der Waals surface area contributed by atoms with Gasteiger partial charge in [0.2, 0.25) is 16.0 Å². The quantitative estimate of drug-likeness (QED) is 0.251. The number of piperidine rings is 1. The Morgan fingerprint density at radius 3 is 2.31 bits per heavy atom. The largest absolute Gasteiger partial charge is 0.369 e. The summed E-state index contributed by atoms with van der Waals surface area (Å²) in [6.07, 6.45) is 4.46. The van der Waals surface area contributed by atoms with E-state index in [2.05, 4.69) is 9.62 Å². The number of likely N-dealkylation sites (tertiary alicyclic amines) is 1. The van der Waals surface area contributed by atoms with E-state index in [1.807, 2.05) is 0 Å². The van der Waals surface area contributed by atoms with Crippen LogP contribution in [0.3, 0.4) is 0 Å². The number of guanidine groups is 1. The van der Waals surface area contributed by atoms with Crippen molar-refractivity contribution in [3.05, 3.63) is 54.1 Å². The van der Waals surface area contributed by atoms with Crippen molar-refractivity contribution in [3.63, 3.8) is 0 Å². The fourth-order valence-electron chi connectivity index (χ4n) is 3.57. The molecule has 1 amide bonds. The van der Waals surface area contributed by atoms with E-state index in [0.29, 0.717) is 18.2 Å². The van der Waals surface area contributed by atoms with E-state index in [0.717, 1.165) is 38.3 Å². The lowest BCUT2D eigenvalue weighted by Gasteiger charge is -2.26. The number of rotatable bonds is 9. The van der Waals surface area contributed by atoms with Gasteiger partial charge < -0.3 is 15.5 Å². The summed E-state index contributed by atoms with van der Waals surface area (Å²) in [7, 11) is -7.30. The Morgan fingerprint density at radius 1 is 1.06 bits per heavy atom. The lowest BCUT2D eigenvalue weighted by atomic mass is 10.1. The topological polar surface area (TPSA) is 163 Å². The lowest BCUT2D eigenvalue weighted by Crippen LogP contribution is -2.43. The second-order valence-electron chi connectivity index (χ2n) is 8.15. The van der Waals surface area contributed by atoms with E-state index in [1.54, 1.807) is 0 Å². The summed E-state index contributed by atoms with van der Waals surface area (Å²) >= 11 is 0. The van der Waals surface area contributed by atoms with Crippen molar-refractivity contribution in [2.75, 3.05) is 32.4 Å². The molecular formula is C22H29N5O6S2. The molecule has 13 heteroatoms. The van der Waals surface area contributed by atoms with Crippen LogP contribution in [0.1, 0.15) is 29.6 Å². The number of amides is 1. The summed E-state index contributed by atoms with van der Waals surface area (Å²) < 4.78 is 51.3. The van der Waals surface area contributed by atoms with Crippen molar-refractivity contribution in [2.24, 2.45) is 5.73 Å². The van der Waals surface area contributed by atoms with Gasteiger partial charge >= 0.3 is 0 Å². The van der Waals surface area contributed by atoms with Crippen molar-refractivity contribution >= 4 is 31.7 Å². The van der Waals surface area contributed by atoms with Gasteiger partial charge in [0.25, 0.3) is 5.91 Å². The molecule has 0 unspecified atom stereocenters. The highest BCUT2D eigenvalue weighted by molar-refractivity contribution is 7.90. The van der Waals surface area contributed by atoms with Crippen LogP contribution in [0.15, 0.2) is 58.3 Å². The summed E-state index contributed by atoms with van der Waals surface area (Å²) in [5.74, 6) is -1.55. The van der Waals surface area contributed by atoms with E-state index in [-0.39, 0.29) is 21.1 Å². The zero-order valence-corrected chi connectivity index (χ0v) is 20.9. The van der Waals surface area contributed by atoms with Gasteiger partial charge in [-0.3, -0.25) is 10.2 Å². The van der Waals surface area contributed by atoms with E-state index in [4.69, 9.17) is 16.0 Å². The van der Waals surface area contributed by atoms with Gasteiger partial charge in [-0.15, -0.1) is 5.06 Å². The molecule has 1 aliphatic heterocycles. The number of sulfonamides is 1. The number of hydroxylamine groups is 2. The fourth-order valence-corrected chi connectivity index (χ4v) is 5.25. The Kier molecular flexibility index (Phi) is 8.48. The molecule has 35 heavy (non-hydrogen) atoms. The first-order valence-corrected chi connectivity index (χ1v) is 14.3. The maximum Gasteiger partial charge on any atom is 0.294 e. The standard InChI is InChI=1S/C22H29N5O6S2/c1-34(29,30)20-7-5-6-17(16-20)21(28)27(22(23)24)33-18-8-10-19(11-9-18)35(31,32)25-12-15-26-13-3-2-4-14-26/h5-11,16,25H,2-4,12-15H2,1H3,(H3,23,24). The Hall–Kier alpha value is -3.00. The third-order valence-corrected chi connectivity index (χ3v) is 8.00. The average molecular weight is 524 g/mol. The molecule has 3 rings (SSSR count). The first kappa shape index (κ1) is 26.6. The number of nitrogens with two attached hydrogens (primary N) is 1. The molecule has 0 bridgehead atoms. The molecule has 1 aliphatic rings. The van der Waals surface area contributed by atoms with Gasteiger partial charge in [-0.05, 0) is 68.4 Å². The molecule has 0 aliphatic carbocycles. The highest BCUT2D eigenvalue weighted by Crippen LogP contribution is 2.19. The molecule has 0 aromatic heterocycles. The number of nitrogens with one attached hydrogen (secondary N) is 2. The SMILES string of the molecule is CS(=O)(=O)c1cccc(C(=O)N(Oc2ccc(S(=O)(=O)NCCN3CCCCC3)cc2)C(=N)N)c1. The molecule has 1 heterocycles. The van der Waals surface area contributed by atoms with Crippen molar-refractivity contribution < 1.29 is 26.5 Å². The number of sulfone groups is 1. The van der Waals surface area contributed by atoms with Crippen LogP contribution in [0.5, 0.6) is 5.75 Å². The van der Waals surface area contributed by atoms with Crippen LogP contribution in [0, 0.1) is 5.41 Å². The molecule has 0 atom stereocenters. The normalized spacial score (nSPS) is 14.9. The number of hydrogen-bond donors (Lipinski definition) is 3. The van der Waals surface area contributed by atoms with Crippen LogP contribution in [0.4, 0.5) is 0 Å². The van der Waals surface area contributed by atoms with Crippen molar-refractivity contribution in [1.82, 2.24) is 14.7 Å². The van der Waals surface area contributed by atoms with E-state index < -0.39 is 31.7 Å². The highest BCUT2D eigenvalue weighted by Gasteiger charge is 2.23. The second-order valence-corrected chi connectivity index (χ2v) is 11.9. The molecule has 11 nitrogen and oxygen atoms in total. The van der Waals surface area contributed by atoms with Crippen LogP contribution in [-0.4, -0.2) is 71.1 Å². The van der Waals surface area contributed by atoms with Gasteiger partial charge in [-0.25, -0.2) is 21.6 Å². The van der Waals surface area contributed by atoms with Gasteiger partial charge in [-0.1, -0.05) is 12.5 Å². The van der Waals surface area contributed by atoms with Crippen LogP contribution >= 0.6 is 0 Å². The van der Waals surface area contributed by atoms with Crippen LogP contribution in [-0.2, 0) is 19.9 Å². The van der Waals surface area contributed by atoms with Gasteiger partial charge in [-0.2, -0.15) is 0 Å². The molecule has 2 aromatic rings. The predicted molar refractivity (Wildman–Crippen MR) is 130 cm³/mol. The number of benzene rings is 2. The number of hydrogen-bond acceptors (Lipinski definition) is 8. The van der Waals surface area contributed by atoms with Crippen LogP contribution in [0.25, 0.3) is 0 Å². The highest BCUT2D eigenvalue weighted by atomic mass is 32.2. The molecule has 0 radical (unpaired) electrons. The summed E-state index contributed by atoms with van der Waals surface area (Å²) in [5.41, 5.74) is 5.44. The summed E-state index contributed by atoms with van der Waals surface area (Å²) in [4.78, 5) is 20.4. The third kappa shape index (κ3) is 7.24. The molecule has 0 spiro atoms. The Morgan fingerprint density at radius 2 is 1.71 bits per heavy atom. The van der Waals surface area contributed by atoms with Gasteiger partial charge in [0, 0.05) is 24.9 Å². The van der Waals surface area contributed by atoms with Crippen molar-refractivity contribution in [3.8, 4) is 5.75 Å². The Bertz CT molecular complexity index is 1270. The molecule has 4 N–H and O–H groups in total. The summed E-state index contributed by atoms with van der Waals surface area (Å²) in [5, 5.41) is 8.18. The minimum absolute atomic E-state index is 0.0186. The fraction of sp³-hybridized carbons (Fsp3) is 0.364. The minimum atomic E-state index is -3.74. The van der Waals surface area contributed by atoms with Gasteiger partial charge in [0.05, 0.1) is 9.79 Å². The average Bonchev–Trinajstić information content (AvgIpc) is 2.82. The minimum Gasteiger partial charge on any atom is -0.369 e. The molecular weight excluding hydrogens is 494 g/mol. The van der Waals surface area contributed by atoms with Gasteiger partial charge in [0.15, 0.2) is 15.6 Å². The first-order chi connectivity index (χ1) is 16.5.